The number of aryl methyl sites for hydroxylation is 1. The van der Waals surface area contributed by atoms with E-state index < -0.39 is 0 Å². The summed E-state index contributed by atoms with van der Waals surface area (Å²) < 4.78 is 1.80. The second-order valence-corrected chi connectivity index (χ2v) is 5.50. The first-order valence-corrected chi connectivity index (χ1v) is 7.18. The van der Waals surface area contributed by atoms with Crippen molar-refractivity contribution in [3.05, 3.63) is 29.2 Å². The topological polar surface area (TPSA) is 45.8 Å². The first-order valence-electron chi connectivity index (χ1n) is 7.18. The molecule has 3 rings (SSSR count). The van der Waals surface area contributed by atoms with Crippen molar-refractivity contribution >= 4 is 11.7 Å². The Hall–Kier alpha value is -1.91. The fourth-order valence-corrected chi connectivity index (χ4v) is 2.59. The van der Waals surface area contributed by atoms with Gasteiger partial charge in [0.15, 0.2) is 5.84 Å². The molecule has 0 spiro atoms. The van der Waals surface area contributed by atoms with Gasteiger partial charge in [0.25, 0.3) is 0 Å². The maximum Gasteiger partial charge on any atom is 0.155 e. The van der Waals surface area contributed by atoms with E-state index in [1.165, 1.54) is 18.4 Å². The van der Waals surface area contributed by atoms with E-state index in [9.17, 15) is 0 Å². The SMILES string of the molecule is CCN=C1/C(=C(\C)C2CC2)N=C(c2cnn(C)c2)N1C. The largest absolute Gasteiger partial charge is 0.312 e. The molecular formula is C15H21N5. The molecule has 1 aromatic rings. The molecule has 106 valence electrons. The third-order valence-electron chi connectivity index (χ3n) is 3.90. The van der Waals surface area contributed by atoms with Crippen LogP contribution in [-0.4, -0.2) is 39.9 Å². The second-order valence-electron chi connectivity index (χ2n) is 5.50. The third kappa shape index (κ3) is 2.17. The molecule has 2 heterocycles. The summed E-state index contributed by atoms with van der Waals surface area (Å²) in [5.74, 6) is 2.65. The Bertz CT molecular complexity index is 616. The smallest absolute Gasteiger partial charge is 0.155 e. The molecule has 1 aromatic heterocycles. The maximum atomic E-state index is 4.85. The zero-order chi connectivity index (χ0) is 14.3. The van der Waals surface area contributed by atoms with Crippen molar-refractivity contribution < 1.29 is 0 Å². The van der Waals surface area contributed by atoms with Gasteiger partial charge in [-0.15, -0.1) is 0 Å². The second kappa shape index (κ2) is 4.89. The zero-order valence-corrected chi connectivity index (χ0v) is 12.6. The van der Waals surface area contributed by atoms with Gasteiger partial charge < -0.3 is 4.90 Å². The Morgan fingerprint density at radius 3 is 2.70 bits per heavy atom. The lowest BCUT2D eigenvalue weighted by Crippen LogP contribution is -2.28. The normalized spacial score (nSPS) is 23.5. The Morgan fingerprint density at radius 1 is 1.40 bits per heavy atom. The van der Waals surface area contributed by atoms with Crippen LogP contribution in [0.1, 0.15) is 32.3 Å². The summed E-state index contributed by atoms with van der Waals surface area (Å²) in [6.45, 7) is 5.03. The Labute approximate surface area is 119 Å². The number of rotatable bonds is 3. The Morgan fingerprint density at radius 2 is 2.15 bits per heavy atom. The quantitative estimate of drug-likeness (QED) is 0.846. The lowest BCUT2D eigenvalue weighted by atomic mass is 10.1. The first kappa shape index (κ1) is 13.1. The predicted octanol–water partition coefficient (Wildman–Crippen LogP) is 2.21. The number of nitrogens with zero attached hydrogens (tertiary/aromatic N) is 5. The average Bonchev–Trinajstić information content (AvgIpc) is 3.12. The van der Waals surface area contributed by atoms with E-state index >= 15 is 0 Å². The average molecular weight is 271 g/mol. The highest BCUT2D eigenvalue weighted by atomic mass is 15.3. The summed E-state index contributed by atoms with van der Waals surface area (Å²) in [5.41, 5.74) is 3.48. The van der Waals surface area contributed by atoms with Crippen molar-refractivity contribution in [2.75, 3.05) is 13.6 Å². The minimum atomic E-state index is 0.706. The predicted molar refractivity (Wildman–Crippen MR) is 80.9 cm³/mol. The number of aromatic nitrogens is 2. The van der Waals surface area contributed by atoms with Crippen LogP contribution in [0.5, 0.6) is 0 Å². The summed E-state index contributed by atoms with van der Waals surface area (Å²) in [4.78, 5) is 11.6. The maximum absolute atomic E-state index is 4.85. The van der Waals surface area contributed by atoms with Crippen LogP contribution in [0.2, 0.25) is 0 Å². The van der Waals surface area contributed by atoms with Crippen LogP contribution in [0.4, 0.5) is 0 Å². The van der Waals surface area contributed by atoms with E-state index in [2.05, 4.69) is 28.8 Å². The molecule has 2 aliphatic rings. The van der Waals surface area contributed by atoms with Gasteiger partial charge in [-0.05, 0) is 38.2 Å². The highest BCUT2D eigenvalue weighted by molar-refractivity contribution is 6.20. The summed E-state index contributed by atoms with van der Waals surface area (Å²) in [6.07, 6.45) is 6.43. The molecule has 0 amide bonds. The van der Waals surface area contributed by atoms with Gasteiger partial charge in [0.2, 0.25) is 0 Å². The lowest BCUT2D eigenvalue weighted by Gasteiger charge is -2.14. The monoisotopic (exact) mass is 271 g/mol. The molecule has 0 atom stereocenters. The summed E-state index contributed by atoms with van der Waals surface area (Å²) in [5, 5.41) is 4.24. The van der Waals surface area contributed by atoms with Crippen LogP contribution in [0, 0.1) is 5.92 Å². The van der Waals surface area contributed by atoms with Crippen molar-refractivity contribution in [3.63, 3.8) is 0 Å². The van der Waals surface area contributed by atoms with Crippen LogP contribution >= 0.6 is 0 Å². The van der Waals surface area contributed by atoms with E-state index in [0.29, 0.717) is 5.92 Å². The van der Waals surface area contributed by atoms with Crippen molar-refractivity contribution in [1.29, 1.82) is 0 Å². The van der Waals surface area contributed by atoms with Gasteiger partial charge in [-0.25, -0.2) is 4.99 Å². The molecule has 0 N–H and O–H groups in total. The molecule has 1 aliphatic heterocycles. The molecule has 0 saturated heterocycles. The lowest BCUT2D eigenvalue weighted by molar-refractivity contribution is 0.760. The summed E-state index contributed by atoms with van der Waals surface area (Å²) >= 11 is 0. The third-order valence-corrected chi connectivity index (χ3v) is 3.90. The van der Waals surface area contributed by atoms with Crippen LogP contribution in [0.25, 0.3) is 0 Å². The number of allylic oxidation sites excluding steroid dienone is 1. The number of hydrogen-bond acceptors (Lipinski definition) is 3. The molecule has 1 fully saturated rings. The van der Waals surface area contributed by atoms with Gasteiger partial charge in [0.05, 0.1) is 11.8 Å². The van der Waals surface area contributed by atoms with Crippen molar-refractivity contribution in [2.45, 2.75) is 26.7 Å². The van der Waals surface area contributed by atoms with Gasteiger partial charge in [-0.1, -0.05) is 0 Å². The number of likely N-dealkylation sites (N-methyl/N-ethyl adjacent to an activating group) is 1. The molecule has 0 aromatic carbocycles. The van der Waals surface area contributed by atoms with Crippen LogP contribution in [0.3, 0.4) is 0 Å². The van der Waals surface area contributed by atoms with Crippen molar-refractivity contribution in [1.82, 2.24) is 14.7 Å². The van der Waals surface area contributed by atoms with E-state index in [1.54, 1.807) is 4.68 Å². The number of aliphatic imine (C=N–C) groups is 2. The minimum absolute atomic E-state index is 0.706. The highest BCUT2D eigenvalue weighted by Gasteiger charge is 2.33. The number of amidine groups is 2. The molecule has 0 bridgehead atoms. The van der Waals surface area contributed by atoms with Crippen molar-refractivity contribution in [3.8, 4) is 0 Å². The molecular weight excluding hydrogens is 250 g/mol. The number of hydrogen-bond donors (Lipinski definition) is 0. The molecule has 5 heteroatoms. The van der Waals surface area contributed by atoms with E-state index in [1.807, 2.05) is 26.5 Å². The fourth-order valence-electron chi connectivity index (χ4n) is 2.59. The van der Waals surface area contributed by atoms with Gasteiger partial charge in [0, 0.05) is 26.8 Å². The molecule has 1 saturated carbocycles. The zero-order valence-electron chi connectivity index (χ0n) is 12.6. The van der Waals surface area contributed by atoms with Gasteiger partial charge in [-0.2, -0.15) is 5.10 Å². The van der Waals surface area contributed by atoms with Crippen LogP contribution in [-0.2, 0) is 7.05 Å². The highest BCUT2D eigenvalue weighted by Crippen LogP contribution is 2.39. The minimum Gasteiger partial charge on any atom is -0.312 e. The van der Waals surface area contributed by atoms with Crippen LogP contribution in [0.15, 0.2) is 33.6 Å². The molecule has 1 aliphatic carbocycles. The Kier molecular flexibility index (Phi) is 3.20. The van der Waals surface area contributed by atoms with Gasteiger partial charge in [0.1, 0.15) is 11.5 Å². The fraction of sp³-hybridized carbons (Fsp3) is 0.533. The molecule has 20 heavy (non-hydrogen) atoms. The summed E-state index contributed by atoms with van der Waals surface area (Å²) in [6, 6.07) is 0. The first-order chi connectivity index (χ1) is 9.61. The molecule has 0 unspecified atom stereocenters. The van der Waals surface area contributed by atoms with Gasteiger partial charge >= 0.3 is 0 Å². The molecule has 5 nitrogen and oxygen atoms in total. The van der Waals surface area contributed by atoms with Crippen molar-refractivity contribution in [2.24, 2.45) is 23.0 Å². The van der Waals surface area contributed by atoms with E-state index in [0.717, 1.165) is 29.5 Å². The van der Waals surface area contributed by atoms with E-state index in [-0.39, 0.29) is 0 Å². The standard InChI is InChI=1S/C15H21N5/c1-5-16-15-13(10(2)11-6-7-11)18-14(20(15)4)12-8-17-19(3)9-12/h8-9,11H,5-7H2,1-4H3/b13-10-,16-15?. The summed E-state index contributed by atoms with van der Waals surface area (Å²) in [7, 11) is 3.96. The van der Waals surface area contributed by atoms with E-state index in [4.69, 9.17) is 4.99 Å². The molecule has 0 radical (unpaired) electrons. The Balaban J connectivity index is 2.05. The van der Waals surface area contributed by atoms with Gasteiger partial charge in [-0.3, -0.25) is 9.67 Å². The van der Waals surface area contributed by atoms with Crippen LogP contribution < -0.4 is 0 Å².